The van der Waals surface area contributed by atoms with E-state index in [2.05, 4.69) is 0 Å². The number of fused-ring (bicyclic) bond motifs is 1. The van der Waals surface area contributed by atoms with E-state index in [4.69, 9.17) is 32.7 Å². The molecular formula is C23H16Cl2O3. The molecule has 0 saturated carbocycles. The molecule has 28 heavy (non-hydrogen) atoms. The zero-order chi connectivity index (χ0) is 19.7. The highest BCUT2D eigenvalue weighted by atomic mass is 35.5. The summed E-state index contributed by atoms with van der Waals surface area (Å²) in [6.07, 6.45) is 1.60. The number of ketones is 1. The summed E-state index contributed by atoms with van der Waals surface area (Å²) in [4.78, 5) is 12.6. The molecule has 5 heteroatoms. The number of carbonyl (C=O) groups is 1. The Balaban J connectivity index is 1.53. The molecule has 0 unspecified atom stereocenters. The topological polar surface area (TPSA) is 35.5 Å². The fourth-order valence-electron chi connectivity index (χ4n) is 2.88. The van der Waals surface area contributed by atoms with Gasteiger partial charge < -0.3 is 9.47 Å². The summed E-state index contributed by atoms with van der Waals surface area (Å²) in [5.74, 6) is 1.11. The second-order valence-electron chi connectivity index (χ2n) is 6.52. The molecule has 0 aliphatic carbocycles. The maximum Gasteiger partial charge on any atom is 0.231 e. The minimum absolute atomic E-state index is 0.198. The Morgan fingerprint density at radius 2 is 1.82 bits per heavy atom. The van der Waals surface area contributed by atoms with Gasteiger partial charge in [0.2, 0.25) is 5.78 Å². The van der Waals surface area contributed by atoms with Crippen LogP contribution in [0.15, 0.2) is 66.4 Å². The summed E-state index contributed by atoms with van der Waals surface area (Å²) in [5.41, 5.74) is 3.39. The lowest BCUT2D eigenvalue weighted by Gasteiger charge is -2.07. The molecular weight excluding hydrogens is 395 g/mol. The van der Waals surface area contributed by atoms with E-state index < -0.39 is 0 Å². The third-order valence-corrected chi connectivity index (χ3v) is 5.27. The van der Waals surface area contributed by atoms with Gasteiger partial charge >= 0.3 is 0 Å². The molecule has 3 aromatic rings. The number of hydrogen-bond donors (Lipinski definition) is 0. The number of ether oxygens (including phenoxy) is 2. The van der Waals surface area contributed by atoms with Gasteiger partial charge in [0.15, 0.2) is 5.76 Å². The van der Waals surface area contributed by atoms with Gasteiger partial charge in [-0.15, -0.1) is 0 Å². The van der Waals surface area contributed by atoms with Crippen molar-refractivity contribution in [1.29, 1.82) is 0 Å². The monoisotopic (exact) mass is 410 g/mol. The Bertz CT molecular complexity index is 1090. The van der Waals surface area contributed by atoms with Crippen LogP contribution in [-0.4, -0.2) is 5.78 Å². The van der Waals surface area contributed by atoms with Crippen LogP contribution in [0.25, 0.3) is 6.08 Å². The highest BCUT2D eigenvalue weighted by molar-refractivity contribution is 6.43. The number of rotatable bonds is 4. The largest absolute Gasteiger partial charge is 0.489 e. The number of Topliss-reactive ketones (excluding diaryl/α,β-unsaturated/α-hetero) is 1. The van der Waals surface area contributed by atoms with Crippen LogP contribution in [-0.2, 0) is 6.61 Å². The molecule has 0 saturated heterocycles. The molecule has 0 amide bonds. The van der Waals surface area contributed by atoms with E-state index in [1.807, 2.05) is 31.2 Å². The fraction of sp³-hybridized carbons (Fsp3) is 0.0870. The minimum Gasteiger partial charge on any atom is -0.489 e. The predicted octanol–water partition coefficient (Wildman–Crippen LogP) is 6.50. The van der Waals surface area contributed by atoms with Crippen molar-refractivity contribution < 1.29 is 14.3 Å². The van der Waals surface area contributed by atoms with Gasteiger partial charge in [-0.3, -0.25) is 4.79 Å². The molecule has 1 heterocycles. The number of benzene rings is 3. The predicted molar refractivity (Wildman–Crippen MR) is 111 cm³/mol. The zero-order valence-corrected chi connectivity index (χ0v) is 16.6. The van der Waals surface area contributed by atoms with Gasteiger partial charge in [0.1, 0.15) is 18.1 Å². The molecule has 1 aliphatic heterocycles. The summed E-state index contributed by atoms with van der Waals surface area (Å²) in [5, 5.41) is 0.803. The van der Waals surface area contributed by atoms with E-state index in [1.54, 1.807) is 42.5 Å². The maximum absolute atomic E-state index is 12.6. The first kappa shape index (κ1) is 18.6. The smallest absolute Gasteiger partial charge is 0.231 e. The van der Waals surface area contributed by atoms with E-state index in [1.165, 1.54) is 5.56 Å². The normalized spacial score (nSPS) is 14.1. The van der Waals surface area contributed by atoms with Crippen molar-refractivity contribution in [3.8, 4) is 11.5 Å². The third kappa shape index (κ3) is 3.77. The molecule has 0 aromatic heterocycles. The van der Waals surface area contributed by atoms with Crippen molar-refractivity contribution in [2.24, 2.45) is 0 Å². The van der Waals surface area contributed by atoms with Crippen LogP contribution >= 0.6 is 23.2 Å². The molecule has 1 aliphatic rings. The average Bonchev–Trinajstić information content (AvgIpc) is 3.00. The first-order chi connectivity index (χ1) is 13.5. The van der Waals surface area contributed by atoms with E-state index in [-0.39, 0.29) is 11.5 Å². The van der Waals surface area contributed by atoms with E-state index in [0.29, 0.717) is 39.3 Å². The molecule has 3 nitrogen and oxygen atoms in total. The quantitative estimate of drug-likeness (QED) is 0.460. The third-order valence-electron chi connectivity index (χ3n) is 4.44. The number of allylic oxidation sites excluding steroid dienone is 1. The van der Waals surface area contributed by atoms with Gasteiger partial charge in [-0.1, -0.05) is 65.2 Å². The van der Waals surface area contributed by atoms with E-state index in [9.17, 15) is 4.79 Å². The maximum atomic E-state index is 12.6. The molecule has 4 rings (SSSR count). The molecule has 0 spiro atoms. The summed E-state index contributed by atoms with van der Waals surface area (Å²) in [6.45, 7) is 2.48. The first-order valence-corrected chi connectivity index (χ1v) is 9.47. The number of hydrogen-bond acceptors (Lipinski definition) is 3. The van der Waals surface area contributed by atoms with Crippen molar-refractivity contribution >= 4 is 35.1 Å². The molecule has 0 atom stereocenters. The minimum atomic E-state index is -0.198. The summed E-state index contributed by atoms with van der Waals surface area (Å²) >= 11 is 12.2. The molecule has 0 bridgehead atoms. The second kappa shape index (κ2) is 7.70. The number of aryl methyl sites for hydroxylation is 1. The standard InChI is InChI=1S/C23H16Cl2O3/c1-14-5-7-15(8-6-14)13-27-17-9-10-18-20(12-17)28-21(23(18)26)11-16-3-2-4-19(24)22(16)25/h2-12H,13H2,1H3. The molecule has 3 aromatic carbocycles. The van der Waals surface area contributed by atoms with Crippen molar-refractivity contribution in [3.63, 3.8) is 0 Å². The fourth-order valence-corrected chi connectivity index (χ4v) is 3.24. The summed E-state index contributed by atoms with van der Waals surface area (Å²) < 4.78 is 11.6. The van der Waals surface area contributed by atoms with Gasteiger partial charge in [0, 0.05) is 6.07 Å². The Morgan fingerprint density at radius 3 is 2.61 bits per heavy atom. The van der Waals surface area contributed by atoms with Gasteiger partial charge in [0.05, 0.1) is 15.6 Å². The lowest BCUT2D eigenvalue weighted by molar-refractivity contribution is 0.101. The van der Waals surface area contributed by atoms with Crippen LogP contribution in [0.1, 0.15) is 27.0 Å². The van der Waals surface area contributed by atoms with Crippen LogP contribution < -0.4 is 9.47 Å². The number of halogens is 2. The van der Waals surface area contributed by atoms with Crippen molar-refractivity contribution in [1.82, 2.24) is 0 Å². The summed E-state index contributed by atoms with van der Waals surface area (Å²) in [7, 11) is 0. The van der Waals surface area contributed by atoms with Crippen molar-refractivity contribution in [2.45, 2.75) is 13.5 Å². The second-order valence-corrected chi connectivity index (χ2v) is 7.30. The molecule has 0 radical (unpaired) electrons. The Kier molecular flexibility index (Phi) is 5.12. The first-order valence-electron chi connectivity index (χ1n) is 8.72. The Morgan fingerprint density at radius 1 is 1.04 bits per heavy atom. The van der Waals surface area contributed by atoms with E-state index in [0.717, 1.165) is 5.56 Å². The molecule has 140 valence electrons. The average molecular weight is 411 g/mol. The summed E-state index contributed by atoms with van der Waals surface area (Å²) in [6, 6.07) is 18.6. The zero-order valence-electron chi connectivity index (χ0n) is 15.0. The number of carbonyl (C=O) groups excluding carboxylic acids is 1. The lowest BCUT2D eigenvalue weighted by atomic mass is 10.1. The lowest BCUT2D eigenvalue weighted by Crippen LogP contribution is -1.98. The SMILES string of the molecule is Cc1ccc(COc2ccc3c(c2)OC(=Cc2cccc(Cl)c2Cl)C3=O)cc1. The highest BCUT2D eigenvalue weighted by Crippen LogP contribution is 2.36. The van der Waals surface area contributed by atoms with Gasteiger partial charge in [-0.25, -0.2) is 0 Å². The molecule has 0 fully saturated rings. The Hall–Kier alpha value is -2.75. The van der Waals surface area contributed by atoms with Crippen LogP contribution in [0.4, 0.5) is 0 Å². The van der Waals surface area contributed by atoms with E-state index >= 15 is 0 Å². The van der Waals surface area contributed by atoms with Gasteiger partial charge in [-0.2, -0.15) is 0 Å². The van der Waals surface area contributed by atoms with Crippen molar-refractivity contribution in [3.05, 3.63) is 98.7 Å². The van der Waals surface area contributed by atoms with Crippen LogP contribution in [0.5, 0.6) is 11.5 Å². The van der Waals surface area contributed by atoms with Gasteiger partial charge in [-0.05, 0) is 42.3 Å². The van der Waals surface area contributed by atoms with Gasteiger partial charge in [0.25, 0.3) is 0 Å². The van der Waals surface area contributed by atoms with Crippen LogP contribution in [0.2, 0.25) is 10.0 Å². The van der Waals surface area contributed by atoms with Crippen molar-refractivity contribution in [2.75, 3.05) is 0 Å². The Labute approximate surface area is 173 Å². The van der Waals surface area contributed by atoms with Crippen LogP contribution in [0, 0.1) is 6.92 Å². The molecule has 0 N–H and O–H groups in total. The highest BCUT2D eigenvalue weighted by Gasteiger charge is 2.28. The van der Waals surface area contributed by atoms with Crippen LogP contribution in [0.3, 0.4) is 0 Å².